The summed E-state index contributed by atoms with van der Waals surface area (Å²) in [6.07, 6.45) is 4.37. The second kappa shape index (κ2) is 9.97. The normalized spacial score (nSPS) is 14.4. The van der Waals surface area contributed by atoms with Crippen LogP contribution in [0, 0.1) is 0 Å². The molecule has 8 nitrogen and oxygen atoms in total. The lowest BCUT2D eigenvalue weighted by Crippen LogP contribution is -2.35. The quantitative estimate of drug-likeness (QED) is 0.325. The number of benzene rings is 3. The number of sulfonamides is 1. The molecule has 38 heavy (non-hydrogen) atoms. The average Bonchev–Trinajstić information content (AvgIpc) is 3.24. The van der Waals surface area contributed by atoms with Crippen LogP contribution in [-0.2, 0) is 32.8 Å². The number of rotatable bonds is 6. The minimum atomic E-state index is -3.80. The SMILES string of the molecule is C=CCn1c(=NC(=O)c2ccc(S(=O)(=O)N3CCCc4ccccc43)cc2)sc2cc(S(C)(=O)=O)ccc21. The molecular weight excluding hydrogens is 543 g/mol. The molecule has 11 heteroatoms. The van der Waals surface area contributed by atoms with Crippen molar-refractivity contribution in [2.45, 2.75) is 29.2 Å². The number of fused-ring (bicyclic) bond motifs is 2. The van der Waals surface area contributed by atoms with E-state index in [1.807, 2.05) is 24.3 Å². The maximum atomic E-state index is 13.4. The van der Waals surface area contributed by atoms with Crippen LogP contribution < -0.4 is 9.11 Å². The fourth-order valence-corrected chi connectivity index (χ4v) is 7.81. The number of nitrogens with zero attached hydrogens (tertiary/aromatic N) is 3. The fourth-order valence-electron chi connectivity index (χ4n) is 4.47. The van der Waals surface area contributed by atoms with Crippen LogP contribution in [0.1, 0.15) is 22.3 Å². The number of para-hydroxylation sites is 1. The van der Waals surface area contributed by atoms with Crippen molar-refractivity contribution in [1.29, 1.82) is 0 Å². The lowest BCUT2D eigenvalue weighted by molar-refractivity contribution is 0.0997. The van der Waals surface area contributed by atoms with Crippen molar-refractivity contribution in [3.63, 3.8) is 0 Å². The smallest absolute Gasteiger partial charge is 0.279 e. The maximum absolute atomic E-state index is 13.4. The highest BCUT2D eigenvalue weighted by Crippen LogP contribution is 2.32. The van der Waals surface area contributed by atoms with Gasteiger partial charge < -0.3 is 4.57 Å². The van der Waals surface area contributed by atoms with Crippen LogP contribution in [0.4, 0.5) is 5.69 Å². The first-order valence-electron chi connectivity index (χ1n) is 11.8. The van der Waals surface area contributed by atoms with Crippen LogP contribution in [0.25, 0.3) is 10.2 Å². The molecule has 5 rings (SSSR count). The number of anilines is 1. The first-order valence-corrected chi connectivity index (χ1v) is 16.0. The van der Waals surface area contributed by atoms with Gasteiger partial charge in [0.1, 0.15) is 0 Å². The molecule has 1 aliphatic heterocycles. The number of allylic oxidation sites excluding steroid dienone is 1. The molecule has 0 spiro atoms. The third-order valence-electron chi connectivity index (χ3n) is 6.35. The zero-order valence-corrected chi connectivity index (χ0v) is 23.0. The van der Waals surface area contributed by atoms with Gasteiger partial charge in [0.25, 0.3) is 15.9 Å². The third kappa shape index (κ3) is 4.84. The lowest BCUT2D eigenvalue weighted by Gasteiger charge is -2.30. The highest BCUT2D eigenvalue weighted by Gasteiger charge is 2.29. The molecule has 0 bridgehead atoms. The van der Waals surface area contributed by atoms with Gasteiger partial charge in [-0.1, -0.05) is 35.6 Å². The van der Waals surface area contributed by atoms with Crippen molar-refractivity contribution in [2.75, 3.05) is 17.1 Å². The van der Waals surface area contributed by atoms with Gasteiger partial charge in [-0.15, -0.1) is 6.58 Å². The molecule has 0 atom stereocenters. The predicted octanol–water partition coefficient (Wildman–Crippen LogP) is 4.17. The van der Waals surface area contributed by atoms with Gasteiger partial charge in [-0.3, -0.25) is 9.10 Å². The number of carbonyl (C=O) groups is 1. The Bertz CT molecular complexity index is 1850. The molecule has 2 heterocycles. The Kier molecular flexibility index (Phi) is 6.84. The Labute approximate surface area is 225 Å². The molecule has 4 aromatic rings. The Morgan fingerprint density at radius 3 is 2.45 bits per heavy atom. The van der Waals surface area contributed by atoms with Crippen molar-refractivity contribution in [1.82, 2.24) is 4.57 Å². The zero-order chi connectivity index (χ0) is 27.1. The number of aryl methyl sites for hydroxylation is 1. The highest BCUT2D eigenvalue weighted by atomic mass is 32.2. The summed E-state index contributed by atoms with van der Waals surface area (Å²) in [4.78, 5) is 18.0. The summed E-state index contributed by atoms with van der Waals surface area (Å²) in [5.41, 5.74) is 2.65. The summed E-state index contributed by atoms with van der Waals surface area (Å²) in [5.74, 6) is -0.537. The van der Waals surface area contributed by atoms with Gasteiger partial charge in [-0.2, -0.15) is 4.99 Å². The molecule has 0 fully saturated rings. The van der Waals surface area contributed by atoms with E-state index >= 15 is 0 Å². The molecule has 1 aromatic heterocycles. The number of amides is 1. The van der Waals surface area contributed by atoms with E-state index in [4.69, 9.17) is 0 Å². The Balaban J connectivity index is 1.48. The van der Waals surface area contributed by atoms with Crippen molar-refractivity contribution < 1.29 is 21.6 Å². The van der Waals surface area contributed by atoms with Crippen LogP contribution in [0.3, 0.4) is 0 Å². The summed E-state index contributed by atoms with van der Waals surface area (Å²) in [6.45, 7) is 4.53. The maximum Gasteiger partial charge on any atom is 0.279 e. The minimum absolute atomic E-state index is 0.0997. The highest BCUT2D eigenvalue weighted by molar-refractivity contribution is 7.92. The molecule has 0 N–H and O–H groups in total. The third-order valence-corrected chi connectivity index (χ3v) is 10.3. The summed E-state index contributed by atoms with van der Waals surface area (Å²) in [7, 11) is -7.19. The molecular formula is C27H25N3O5S3. The van der Waals surface area contributed by atoms with Crippen LogP contribution >= 0.6 is 11.3 Å². The van der Waals surface area contributed by atoms with Crippen molar-refractivity contribution in [3.8, 4) is 0 Å². The van der Waals surface area contributed by atoms with E-state index in [1.54, 1.807) is 22.8 Å². The summed E-state index contributed by atoms with van der Waals surface area (Å²) in [6, 6.07) is 18.0. The molecule has 3 aromatic carbocycles. The van der Waals surface area contributed by atoms with E-state index in [1.165, 1.54) is 46.0 Å². The molecule has 0 aliphatic carbocycles. The summed E-state index contributed by atoms with van der Waals surface area (Å²) in [5, 5.41) is 0. The van der Waals surface area contributed by atoms with E-state index in [9.17, 15) is 21.6 Å². The second-order valence-electron chi connectivity index (χ2n) is 8.94. The van der Waals surface area contributed by atoms with Gasteiger partial charge in [0.15, 0.2) is 14.6 Å². The van der Waals surface area contributed by atoms with E-state index in [-0.39, 0.29) is 15.4 Å². The van der Waals surface area contributed by atoms with E-state index in [0.717, 1.165) is 30.2 Å². The van der Waals surface area contributed by atoms with E-state index in [0.29, 0.717) is 28.3 Å². The Morgan fingerprint density at radius 1 is 1.03 bits per heavy atom. The average molecular weight is 568 g/mol. The molecule has 0 radical (unpaired) electrons. The zero-order valence-electron chi connectivity index (χ0n) is 20.6. The number of hydrogen-bond donors (Lipinski definition) is 0. The van der Waals surface area contributed by atoms with E-state index in [2.05, 4.69) is 11.6 Å². The topological polar surface area (TPSA) is 106 Å². The number of thiazole rings is 1. The number of hydrogen-bond acceptors (Lipinski definition) is 6. The molecule has 196 valence electrons. The molecule has 0 unspecified atom stereocenters. The van der Waals surface area contributed by atoms with Gasteiger partial charge >= 0.3 is 0 Å². The van der Waals surface area contributed by atoms with Crippen molar-refractivity contribution >= 4 is 53.0 Å². The largest absolute Gasteiger partial charge is 0.312 e. The molecule has 0 saturated carbocycles. The fraction of sp³-hybridized carbons (Fsp3) is 0.185. The number of aromatic nitrogens is 1. The first-order chi connectivity index (χ1) is 18.1. The Hall–Kier alpha value is -3.54. The summed E-state index contributed by atoms with van der Waals surface area (Å²) < 4.78 is 54.6. The predicted molar refractivity (Wildman–Crippen MR) is 149 cm³/mol. The lowest BCUT2D eigenvalue weighted by atomic mass is 10.0. The second-order valence-corrected chi connectivity index (χ2v) is 13.8. The van der Waals surface area contributed by atoms with Crippen molar-refractivity contribution in [2.24, 2.45) is 4.99 Å². The number of carbonyl (C=O) groups excluding carboxylic acids is 1. The summed E-state index contributed by atoms with van der Waals surface area (Å²) >= 11 is 1.20. The number of sulfone groups is 1. The van der Waals surface area contributed by atoms with Gasteiger partial charge in [-0.25, -0.2) is 16.8 Å². The van der Waals surface area contributed by atoms with E-state index < -0.39 is 25.8 Å². The molecule has 1 aliphatic rings. The minimum Gasteiger partial charge on any atom is -0.312 e. The van der Waals surface area contributed by atoms with Crippen LogP contribution in [0.15, 0.2) is 94.2 Å². The van der Waals surface area contributed by atoms with Crippen molar-refractivity contribution in [3.05, 3.63) is 95.3 Å². The van der Waals surface area contributed by atoms with Gasteiger partial charge in [0, 0.05) is 24.9 Å². The van der Waals surface area contributed by atoms with Crippen LogP contribution in [0.2, 0.25) is 0 Å². The van der Waals surface area contributed by atoms with Gasteiger partial charge in [-0.05, 0) is 66.9 Å². The molecule has 0 saturated heterocycles. The van der Waals surface area contributed by atoms with Gasteiger partial charge in [0.05, 0.1) is 25.7 Å². The van der Waals surface area contributed by atoms with Crippen LogP contribution in [0.5, 0.6) is 0 Å². The van der Waals surface area contributed by atoms with Crippen LogP contribution in [-0.4, -0.2) is 40.1 Å². The van der Waals surface area contributed by atoms with Gasteiger partial charge in [0.2, 0.25) is 0 Å². The Morgan fingerprint density at radius 2 is 1.74 bits per heavy atom. The monoisotopic (exact) mass is 567 g/mol. The first kappa shape index (κ1) is 26.1. The molecule has 1 amide bonds. The standard InChI is InChI=1S/C27H25N3O5S3/c1-3-16-29-24-15-14-22(37(2,32)33)18-25(24)36-27(29)28-26(31)20-10-12-21(13-11-20)38(34,35)30-17-6-8-19-7-4-5-9-23(19)30/h3-5,7,9-15,18H,1,6,8,16-17H2,2H3.